The Morgan fingerprint density at radius 2 is 1.65 bits per heavy atom. The zero-order valence-electron chi connectivity index (χ0n) is 25.0. The zero-order valence-corrected chi connectivity index (χ0v) is 25.0. The maximum Gasteiger partial charge on any atom is 0.254 e. The number of nitrogens with one attached hydrogen (secondary N) is 1. The number of pyridine rings is 1. The average Bonchev–Trinajstić information content (AvgIpc) is 3.69. The van der Waals surface area contributed by atoms with Gasteiger partial charge in [0.15, 0.2) is 11.5 Å². The smallest absolute Gasteiger partial charge is 0.254 e. The Hall–Kier alpha value is -2.80. The van der Waals surface area contributed by atoms with Crippen molar-refractivity contribution in [3.8, 4) is 11.5 Å². The lowest BCUT2D eigenvalue weighted by Crippen LogP contribution is -2.62. The van der Waals surface area contributed by atoms with Gasteiger partial charge in [0, 0.05) is 52.4 Å². The quantitative estimate of drug-likeness (QED) is 0.536. The molecular formula is C33H43N3O4. The molecule has 40 heavy (non-hydrogen) atoms. The lowest BCUT2D eigenvalue weighted by Gasteiger charge is -2.59. The number of rotatable bonds is 5. The molecule has 4 aliphatic carbocycles. The van der Waals surface area contributed by atoms with Crippen molar-refractivity contribution in [1.82, 2.24) is 14.8 Å². The number of hydrogen-bond donors (Lipinski definition) is 1. The monoisotopic (exact) mass is 545 g/mol. The second-order valence-corrected chi connectivity index (χ2v) is 13.8. The number of aryl methyl sites for hydroxylation is 2. The molecule has 1 unspecified atom stereocenters. The summed E-state index contributed by atoms with van der Waals surface area (Å²) in [5.41, 5.74) is 6.66. The van der Waals surface area contributed by atoms with Crippen molar-refractivity contribution >= 4 is 5.91 Å². The summed E-state index contributed by atoms with van der Waals surface area (Å²) in [4.78, 5) is 34.1. The van der Waals surface area contributed by atoms with Gasteiger partial charge in [0.1, 0.15) is 0 Å². The summed E-state index contributed by atoms with van der Waals surface area (Å²) in [6.45, 7) is 8.96. The van der Waals surface area contributed by atoms with Gasteiger partial charge in [0.05, 0.1) is 6.54 Å². The fourth-order valence-corrected chi connectivity index (χ4v) is 8.55. The van der Waals surface area contributed by atoms with E-state index in [1.807, 2.05) is 31.7 Å². The second kappa shape index (κ2) is 8.60. The van der Waals surface area contributed by atoms with E-state index in [4.69, 9.17) is 9.47 Å². The van der Waals surface area contributed by atoms with E-state index < -0.39 is 5.79 Å². The van der Waals surface area contributed by atoms with E-state index in [1.165, 1.54) is 24.8 Å². The van der Waals surface area contributed by atoms with Gasteiger partial charge in [0.25, 0.3) is 17.3 Å². The van der Waals surface area contributed by atoms with Crippen LogP contribution >= 0.6 is 0 Å². The van der Waals surface area contributed by atoms with Crippen LogP contribution in [0.1, 0.15) is 108 Å². The lowest BCUT2D eigenvalue weighted by atomic mass is 9.54. The van der Waals surface area contributed by atoms with Crippen molar-refractivity contribution in [3.05, 3.63) is 55.5 Å². The molecule has 2 aromatic rings. The van der Waals surface area contributed by atoms with Gasteiger partial charge in [0.2, 0.25) is 0 Å². The molecule has 0 saturated heterocycles. The first-order valence-electron chi connectivity index (χ1n) is 15.2. The van der Waals surface area contributed by atoms with E-state index in [1.54, 1.807) is 0 Å². The van der Waals surface area contributed by atoms with Crippen LogP contribution in [0.25, 0.3) is 0 Å². The molecular weight excluding hydrogens is 502 g/mol. The zero-order chi connectivity index (χ0) is 28.2. The summed E-state index contributed by atoms with van der Waals surface area (Å²) in [7, 11) is 4.45. The molecule has 1 aromatic carbocycles. The van der Waals surface area contributed by atoms with Gasteiger partial charge in [-0.2, -0.15) is 0 Å². The molecule has 8 rings (SSSR count). The van der Waals surface area contributed by atoms with Crippen molar-refractivity contribution in [2.24, 2.45) is 5.41 Å². The van der Waals surface area contributed by atoms with E-state index in [0.29, 0.717) is 30.1 Å². The number of hydrogen-bond acceptors (Lipinski definition) is 5. The predicted octanol–water partition coefficient (Wildman–Crippen LogP) is 5.52. The van der Waals surface area contributed by atoms with Gasteiger partial charge in [-0.1, -0.05) is 0 Å². The average molecular weight is 546 g/mol. The topological polar surface area (TPSA) is 74.9 Å². The Kier molecular flexibility index (Phi) is 5.62. The Balaban J connectivity index is 1.25. The Bertz CT molecular complexity index is 1460. The third kappa shape index (κ3) is 3.58. The molecule has 7 nitrogen and oxygen atoms in total. The largest absolute Gasteiger partial charge is 0.448 e. The number of carbonyl (C=O) groups excluding carboxylic acids is 1. The first kappa shape index (κ1) is 26.1. The van der Waals surface area contributed by atoms with Gasteiger partial charge in [-0.3, -0.25) is 9.59 Å². The molecule has 4 saturated carbocycles. The molecule has 1 atom stereocenters. The SMILES string of the molecule is Cc1cc(C)c(CN2CCc3c(c(C)c4c(c3C3CC3)OC(C)(C35CCC(N(C)C)(CC3)CC5)O4)C2=O)c(=O)[nH]1. The van der Waals surface area contributed by atoms with E-state index in [2.05, 4.69) is 30.9 Å². The molecule has 0 radical (unpaired) electrons. The van der Waals surface area contributed by atoms with Crippen molar-refractivity contribution in [3.63, 3.8) is 0 Å². The molecule has 1 aromatic heterocycles. The minimum absolute atomic E-state index is 0.00397. The standard InChI is InChI=1S/C33H43N3O4/c1-19-17-20(2)34-29(37)24(19)18-36-16-9-23-25(30(36)38)21(3)27-28(26(23)22-7-8-22)40-31(4,39-27)32-10-13-33(14-11-32,15-12-32)35(5)6/h17,22H,7-16,18H2,1-6H3,(H,34,37). The first-order valence-corrected chi connectivity index (χ1v) is 15.2. The van der Waals surface area contributed by atoms with Crippen LogP contribution in [-0.2, 0) is 13.0 Å². The number of nitrogens with zero attached hydrogens (tertiary/aromatic N) is 2. The summed E-state index contributed by atoms with van der Waals surface area (Å²) in [5, 5.41) is 0. The fourth-order valence-electron chi connectivity index (χ4n) is 8.55. The molecule has 1 N–H and O–H groups in total. The van der Waals surface area contributed by atoms with Crippen LogP contribution < -0.4 is 15.0 Å². The predicted molar refractivity (Wildman–Crippen MR) is 154 cm³/mol. The fraction of sp³-hybridized carbons (Fsp3) is 0.636. The first-order chi connectivity index (χ1) is 19.0. The van der Waals surface area contributed by atoms with Crippen molar-refractivity contribution in [2.75, 3.05) is 20.6 Å². The van der Waals surface area contributed by atoms with Gasteiger partial charge in [-0.15, -0.1) is 0 Å². The highest BCUT2D eigenvalue weighted by molar-refractivity contribution is 6.00. The van der Waals surface area contributed by atoms with Gasteiger partial charge < -0.3 is 24.3 Å². The number of fused-ring (bicyclic) bond motifs is 5. The molecule has 6 aliphatic rings. The minimum Gasteiger partial charge on any atom is -0.448 e. The van der Waals surface area contributed by atoms with Crippen LogP contribution in [-0.4, -0.2) is 52.7 Å². The number of aromatic nitrogens is 1. The van der Waals surface area contributed by atoms with Crippen LogP contribution in [0.3, 0.4) is 0 Å². The van der Waals surface area contributed by atoms with Crippen LogP contribution in [0.5, 0.6) is 11.5 Å². The third-order valence-electron chi connectivity index (χ3n) is 11.5. The number of H-pyrrole nitrogens is 1. The number of aromatic amines is 1. The van der Waals surface area contributed by atoms with Crippen LogP contribution in [0, 0.1) is 26.2 Å². The Morgan fingerprint density at radius 3 is 2.25 bits per heavy atom. The van der Waals surface area contributed by atoms with Gasteiger partial charge in [-0.25, -0.2) is 0 Å². The molecule has 4 fully saturated rings. The van der Waals surface area contributed by atoms with Gasteiger partial charge in [-0.05, 0) is 116 Å². The van der Waals surface area contributed by atoms with Crippen molar-refractivity contribution in [1.29, 1.82) is 0 Å². The lowest BCUT2D eigenvalue weighted by molar-refractivity contribution is -0.212. The summed E-state index contributed by atoms with van der Waals surface area (Å²) >= 11 is 0. The van der Waals surface area contributed by atoms with E-state index in [9.17, 15) is 9.59 Å². The molecule has 2 aliphatic heterocycles. The third-order valence-corrected chi connectivity index (χ3v) is 11.5. The maximum atomic E-state index is 14.1. The summed E-state index contributed by atoms with van der Waals surface area (Å²) in [5.74, 6) is 1.42. The molecule has 1 amide bonds. The van der Waals surface area contributed by atoms with Crippen LogP contribution in [0.4, 0.5) is 0 Å². The second-order valence-electron chi connectivity index (χ2n) is 13.8. The van der Waals surface area contributed by atoms with E-state index in [-0.39, 0.29) is 16.9 Å². The minimum atomic E-state index is -0.721. The molecule has 3 heterocycles. The Morgan fingerprint density at radius 1 is 1.00 bits per heavy atom. The summed E-state index contributed by atoms with van der Waals surface area (Å²) in [6.07, 6.45) is 9.88. The molecule has 0 spiro atoms. The summed E-state index contributed by atoms with van der Waals surface area (Å²) < 4.78 is 14.0. The maximum absolute atomic E-state index is 14.1. The van der Waals surface area contributed by atoms with Gasteiger partial charge >= 0.3 is 0 Å². The number of ether oxygens (including phenoxy) is 2. The van der Waals surface area contributed by atoms with Crippen LogP contribution in [0.2, 0.25) is 0 Å². The number of carbonyl (C=O) groups is 1. The molecule has 7 heteroatoms. The summed E-state index contributed by atoms with van der Waals surface area (Å²) in [6, 6.07) is 1.98. The number of amides is 1. The molecule has 214 valence electrons. The van der Waals surface area contributed by atoms with E-state index in [0.717, 1.165) is 78.0 Å². The Labute approximate surface area is 237 Å². The molecule has 2 bridgehead atoms. The highest BCUT2D eigenvalue weighted by atomic mass is 16.7. The highest BCUT2D eigenvalue weighted by Crippen LogP contribution is 2.64. The highest BCUT2D eigenvalue weighted by Gasteiger charge is 2.63. The van der Waals surface area contributed by atoms with Crippen molar-refractivity contribution < 1.29 is 14.3 Å². The van der Waals surface area contributed by atoms with Crippen molar-refractivity contribution in [2.45, 2.75) is 109 Å². The van der Waals surface area contributed by atoms with Crippen LogP contribution in [0.15, 0.2) is 10.9 Å². The van der Waals surface area contributed by atoms with E-state index >= 15 is 0 Å². The number of benzene rings is 1. The normalized spacial score (nSPS) is 30.8.